The van der Waals surface area contributed by atoms with Gasteiger partial charge in [-0.1, -0.05) is 26.8 Å². The molecular formula is C29H46N2O7. The summed E-state index contributed by atoms with van der Waals surface area (Å²) in [7, 11) is 0. The zero-order valence-corrected chi connectivity index (χ0v) is 23.6. The lowest BCUT2D eigenvalue weighted by atomic mass is 9.42. The van der Waals surface area contributed by atoms with Gasteiger partial charge in [0.2, 0.25) is 0 Å². The smallest absolute Gasteiger partial charge is 0.324 e. The van der Waals surface area contributed by atoms with Gasteiger partial charge < -0.3 is 25.0 Å². The number of ketones is 1. The normalized spacial score (nSPS) is 45.4. The minimum absolute atomic E-state index is 0.0688. The Bertz CT molecular complexity index is 973. The molecule has 2 bridgehead atoms. The van der Waals surface area contributed by atoms with Gasteiger partial charge in [-0.05, 0) is 50.9 Å². The molecule has 3 aliphatic carbocycles. The number of nitrogens with one attached hydrogen (secondary N) is 1. The van der Waals surface area contributed by atoms with Crippen LogP contribution in [0, 0.1) is 28.1 Å². The summed E-state index contributed by atoms with van der Waals surface area (Å²) >= 11 is 0. The Morgan fingerprint density at radius 1 is 1.21 bits per heavy atom. The molecule has 3 N–H and O–H groups in total. The van der Waals surface area contributed by atoms with Crippen molar-refractivity contribution in [3.05, 3.63) is 12.7 Å². The molecule has 4 aliphatic rings. The molecule has 0 aromatic carbocycles. The zero-order chi connectivity index (χ0) is 28.1. The monoisotopic (exact) mass is 534 g/mol. The Morgan fingerprint density at radius 3 is 2.58 bits per heavy atom. The molecule has 9 unspecified atom stereocenters. The van der Waals surface area contributed by atoms with E-state index in [0.717, 1.165) is 0 Å². The largest absolute Gasteiger partial charge is 0.465 e. The summed E-state index contributed by atoms with van der Waals surface area (Å²) in [4.78, 5) is 41.3. The topological polar surface area (TPSA) is 125 Å². The highest BCUT2D eigenvalue weighted by Crippen LogP contribution is 2.69. The van der Waals surface area contributed by atoms with Crippen LogP contribution in [0.2, 0.25) is 0 Å². The quantitative estimate of drug-likeness (QED) is 0.346. The van der Waals surface area contributed by atoms with E-state index in [9.17, 15) is 24.6 Å². The van der Waals surface area contributed by atoms with Crippen molar-refractivity contribution in [3.8, 4) is 0 Å². The number of aliphatic hydroxyl groups is 2. The van der Waals surface area contributed by atoms with Gasteiger partial charge in [-0.3, -0.25) is 19.3 Å². The molecular weight excluding hydrogens is 488 g/mol. The van der Waals surface area contributed by atoms with Crippen molar-refractivity contribution in [1.82, 2.24) is 10.2 Å². The van der Waals surface area contributed by atoms with E-state index in [-0.39, 0.29) is 37.2 Å². The summed E-state index contributed by atoms with van der Waals surface area (Å²) in [6, 6.07) is -0.585. The summed E-state index contributed by atoms with van der Waals surface area (Å²) < 4.78 is 11.5. The van der Waals surface area contributed by atoms with Gasteiger partial charge in [-0.2, -0.15) is 0 Å². The molecule has 1 saturated heterocycles. The predicted molar refractivity (Wildman–Crippen MR) is 141 cm³/mol. The first-order chi connectivity index (χ1) is 17.8. The highest BCUT2D eigenvalue weighted by atomic mass is 16.6. The summed E-state index contributed by atoms with van der Waals surface area (Å²) in [5.74, 6) is -1.53. The van der Waals surface area contributed by atoms with Gasteiger partial charge >= 0.3 is 11.9 Å². The van der Waals surface area contributed by atoms with Crippen molar-refractivity contribution in [2.75, 3.05) is 32.8 Å². The standard InChI is InChI=1S/C29H46N2O7/c1-7-26(4)15-21(33)28(6)23-20(32)9-10-29(23,18(3)24(26)35)12-11-27(28,5)38-22(34)17-31-14-13-30-16-19(31)25(36)37-8-2/h7,18-19,21,23-24,30,33,35H,1,8-17H2,2-6H3. The van der Waals surface area contributed by atoms with E-state index >= 15 is 0 Å². The second-order valence-electron chi connectivity index (χ2n) is 12.7. The van der Waals surface area contributed by atoms with Crippen molar-refractivity contribution >= 4 is 17.7 Å². The number of ether oxygens (including phenoxy) is 2. The molecule has 0 spiro atoms. The maximum atomic E-state index is 13.6. The van der Waals surface area contributed by atoms with Crippen molar-refractivity contribution < 1.29 is 34.1 Å². The van der Waals surface area contributed by atoms with Crippen LogP contribution in [-0.2, 0) is 23.9 Å². The number of nitrogens with zero attached hydrogens (tertiary/aromatic N) is 1. The Balaban J connectivity index is 1.66. The van der Waals surface area contributed by atoms with Gasteiger partial charge in [-0.15, -0.1) is 6.58 Å². The summed E-state index contributed by atoms with van der Waals surface area (Å²) in [6.45, 7) is 15.1. The third-order valence-corrected chi connectivity index (χ3v) is 11.0. The molecule has 38 heavy (non-hydrogen) atoms. The van der Waals surface area contributed by atoms with E-state index in [4.69, 9.17) is 9.47 Å². The van der Waals surface area contributed by atoms with Gasteiger partial charge in [0, 0.05) is 42.8 Å². The number of hydrogen-bond acceptors (Lipinski definition) is 9. The maximum Gasteiger partial charge on any atom is 0.324 e. The maximum absolute atomic E-state index is 13.6. The van der Waals surface area contributed by atoms with Crippen molar-refractivity contribution in [2.45, 2.75) is 90.6 Å². The van der Waals surface area contributed by atoms with Gasteiger partial charge in [0.1, 0.15) is 17.4 Å². The van der Waals surface area contributed by atoms with Crippen LogP contribution in [0.3, 0.4) is 0 Å². The Hall–Kier alpha value is -1.81. The lowest BCUT2D eigenvalue weighted by Gasteiger charge is -2.64. The molecule has 0 aromatic rings. The highest BCUT2D eigenvalue weighted by Gasteiger charge is 2.72. The van der Waals surface area contributed by atoms with Crippen LogP contribution in [-0.4, -0.2) is 89.5 Å². The van der Waals surface area contributed by atoms with Crippen molar-refractivity contribution in [2.24, 2.45) is 28.1 Å². The van der Waals surface area contributed by atoms with E-state index < -0.39 is 52.0 Å². The fourth-order valence-electron chi connectivity index (χ4n) is 8.33. The zero-order valence-electron chi connectivity index (χ0n) is 23.6. The highest BCUT2D eigenvalue weighted by molar-refractivity contribution is 5.86. The number of carbonyl (C=O) groups is 3. The van der Waals surface area contributed by atoms with E-state index in [2.05, 4.69) is 11.9 Å². The van der Waals surface area contributed by atoms with Gasteiger partial charge in [0.25, 0.3) is 0 Å². The van der Waals surface area contributed by atoms with E-state index in [1.807, 2.05) is 27.7 Å². The second-order valence-corrected chi connectivity index (χ2v) is 12.7. The molecule has 0 radical (unpaired) electrons. The van der Waals surface area contributed by atoms with Crippen LogP contribution >= 0.6 is 0 Å². The first kappa shape index (κ1) is 29.2. The van der Waals surface area contributed by atoms with Crippen LogP contribution in [0.25, 0.3) is 0 Å². The van der Waals surface area contributed by atoms with Crippen molar-refractivity contribution in [1.29, 1.82) is 0 Å². The van der Waals surface area contributed by atoms with E-state index in [1.165, 1.54) is 0 Å². The molecule has 0 amide bonds. The summed E-state index contributed by atoms with van der Waals surface area (Å²) in [6.07, 6.45) is 2.27. The molecule has 214 valence electrons. The third kappa shape index (κ3) is 4.34. The molecule has 4 rings (SSSR count). The first-order valence-corrected chi connectivity index (χ1v) is 14.2. The van der Waals surface area contributed by atoms with Crippen LogP contribution in [0.1, 0.15) is 66.7 Å². The minimum atomic E-state index is -1.12. The summed E-state index contributed by atoms with van der Waals surface area (Å²) in [5.41, 5.74) is -3.43. The molecule has 4 fully saturated rings. The number of Topliss-reactive ketones (excluding diaryl/α,β-unsaturated/α-hetero) is 1. The third-order valence-electron chi connectivity index (χ3n) is 11.0. The van der Waals surface area contributed by atoms with Crippen molar-refractivity contribution in [3.63, 3.8) is 0 Å². The average Bonchev–Trinajstić information content (AvgIpc) is 3.23. The predicted octanol–water partition coefficient (Wildman–Crippen LogP) is 1.84. The number of rotatable bonds is 6. The van der Waals surface area contributed by atoms with Gasteiger partial charge in [0.15, 0.2) is 0 Å². The first-order valence-electron chi connectivity index (χ1n) is 14.2. The number of esters is 2. The Morgan fingerprint density at radius 2 is 1.92 bits per heavy atom. The van der Waals surface area contributed by atoms with E-state index in [0.29, 0.717) is 45.3 Å². The lowest BCUT2D eigenvalue weighted by molar-refractivity contribution is -0.253. The molecule has 1 aliphatic heterocycles. The SMILES string of the molecule is C=CC1(C)CC(O)C2(C)C3C(=O)CCC3(CCC2(C)OC(=O)CN2CCNCC2C(=O)OCC)C(C)C1O. The van der Waals surface area contributed by atoms with Crippen LogP contribution < -0.4 is 5.32 Å². The second kappa shape index (κ2) is 10.3. The number of hydrogen-bond donors (Lipinski definition) is 3. The van der Waals surface area contributed by atoms with Gasteiger partial charge in [0.05, 0.1) is 25.4 Å². The number of piperazine rings is 1. The molecule has 9 heteroatoms. The summed E-state index contributed by atoms with van der Waals surface area (Å²) in [5, 5.41) is 26.5. The minimum Gasteiger partial charge on any atom is -0.465 e. The van der Waals surface area contributed by atoms with Crippen LogP contribution in [0.4, 0.5) is 0 Å². The lowest BCUT2D eigenvalue weighted by Crippen LogP contribution is -2.69. The molecule has 9 atom stereocenters. The molecule has 9 nitrogen and oxygen atoms in total. The molecule has 1 heterocycles. The molecule has 0 aromatic heterocycles. The van der Waals surface area contributed by atoms with Gasteiger partial charge in [-0.25, -0.2) is 0 Å². The fourth-order valence-corrected chi connectivity index (χ4v) is 8.33. The Labute approximate surface area is 226 Å². The Kier molecular flexibility index (Phi) is 7.91. The number of carbonyl (C=O) groups excluding carboxylic acids is 3. The van der Waals surface area contributed by atoms with E-state index in [1.54, 1.807) is 17.9 Å². The fraction of sp³-hybridized carbons (Fsp3) is 0.828. The van der Waals surface area contributed by atoms with Crippen LogP contribution in [0.15, 0.2) is 12.7 Å². The molecule has 3 saturated carbocycles. The average molecular weight is 535 g/mol. The van der Waals surface area contributed by atoms with Crippen LogP contribution in [0.5, 0.6) is 0 Å². The number of aliphatic hydroxyl groups excluding tert-OH is 2.